The molecule has 1 aliphatic heterocycles. The van der Waals surface area contributed by atoms with E-state index in [2.05, 4.69) is 48.8 Å². The molecule has 0 N–H and O–H groups in total. The van der Waals surface area contributed by atoms with Crippen LogP contribution < -0.4 is 0 Å². The van der Waals surface area contributed by atoms with Crippen molar-refractivity contribution in [1.29, 1.82) is 0 Å². The molecule has 26 heavy (non-hydrogen) atoms. The van der Waals surface area contributed by atoms with Crippen molar-refractivity contribution in [2.45, 2.75) is 45.2 Å². The first-order valence-corrected chi connectivity index (χ1v) is 9.87. The molecule has 2 nitrogen and oxygen atoms in total. The van der Waals surface area contributed by atoms with E-state index in [0.717, 1.165) is 32.6 Å². The third-order valence-corrected chi connectivity index (χ3v) is 6.23. The van der Waals surface area contributed by atoms with Crippen LogP contribution in [-0.4, -0.2) is 42.0 Å². The zero-order valence-corrected chi connectivity index (χ0v) is 16.1. The van der Waals surface area contributed by atoms with E-state index < -0.39 is 0 Å². The molecule has 0 aromatic heterocycles. The maximum absolute atomic E-state index is 13.4. The topological polar surface area (TPSA) is 6.48 Å². The molecule has 138 valence electrons. The second-order valence-corrected chi connectivity index (χ2v) is 8.15. The lowest BCUT2D eigenvalue weighted by molar-refractivity contribution is 0.0772. The minimum absolute atomic E-state index is 0.155. The van der Waals surface area contributed by atoms with E-state index in [-0.39, 0.29) is 5.82 Å². The standard InChI is InChI=1S/C23H29FN2/c1-16(2)25-10-12-26(13-11-25)23-15-21(18-5-7-19(24)8-6-18)20-9-4-17(3)14-22(20)23/h4-9,14,16,21,23H,10-13,15H2,1-3H3/t21-,23+/m1/s1. The molecule has 1 aliphatic carbocycles. The zero-order valence-electron chi connectivity index (χ0n) is 16.1. The summed E-state index contributed by atoms with van der Waals surface area (Å²) in [7, 11) is 0. The van der Waals surface area contributed by atoms with E-state index in [9.17, 15) is 4.39 Å². The Bertz CT molecular complexity index is 760. The van der Waals surface area contributed by atoms with E-state index >= 15 is 0 Å². The number of nitrogens with zero attached hydrogens (tertiary/aromatic N) is 2. The summed E-state index contributed by atoms with van der Waals surface area (Å²) >= 11 is 0. The second-order valence-electron chi connectivity index (χ2n) is 8.15. The average molecular weight is 352 g/mol. The van der Waals surface area contributed by atoms with E-state index in [1.165, 1.54) is 22.3 Å². The number of benzene rings is 2. The molecule has 1 saturated heterocycles. The second kappa shape index (κ2) is 7.13. The summed E-state index contributed by atoms with van der Waals surface area (Å²) in [6.45, 7) is 11.3. The molecule has 0 bridgehead atoms. The normalized spacial score (nSPS) is 24.2. The van der Waals surface area contributed by atoms with Gasteiger partial charge in [-0.1, -0.05) is 35.9 Å². The van der Waals surface area contributed by atoms with Gasteiger partial charge in [0.1, 0.15) is 5.82 Å². The zero-order chi connectivity index (χ0) is 18.3. The van der Waals surface area contributed by atoms with E-state index in [1.807, 2.05) is 12.1 Å². The Kier molecular flexibility index (Phi) is 4.85. The van der Waals surface area contributed by atoms with Gasteiger partial charge in [-0.05, 0) is 56.0 Å². The first-order valence-electron chi connectivity index (χ1n) is 9.87. The first-order chi connectivity index (χ1) is 12.5. The maximum Gasteiger partial charge on any atom is 0.123 e. The van der Waals surface area contributed by atoms with Gasteiger partial charge in [-0.15, -0.1) is 0 Å². The molecular formula is C23H29FN2. The lowest BCUT2D eigenvalue weighted by atomic mass is 9.92. The van der Waals surface area contributed by atoms with Crippen LogP contribution in [0.2, 0.25) is 0 Å². The van der Waals surface area contributed by atoms with Crippen LogP contribution >= 0.6 is 0 Å². The lowest BCUT2D eigenvalue weighted by Crippen LogP contribution is -2.49. The third-order valence-electron chi connectivity index (χ3n) is 6.23. The summed E-state index contributed by atoms with van der Waals surface area (Å²) in [6, 6.07) is 15.1. The van der Waals surface area contributed by atoms with Crippen molar-refractivity contribution in [1.82, 2.24) is 9.80 Å². The summed E-state index contributed by atoms with van der Waals surface area (Å²) in [5, 5.41) is 0. The Labute approximate surface area is 156 Å². The highest BCUT2D eigenvalue weighted by atomic mass is 19.1. The number of halogens is 1. The molecular weight excluding hydrogens is 323 g/mol. The van der Waals surface area contributed by atoms with Crippen LogP contribution in [0.15, 0.2) is 42.5 Å². The SMILES string of the molecule is Cc1ccc2c(c1)[C@@H](N1CCN(C(C)C)CC1)C[C@@H]2c1ccc(F)cc1. The van der Waals surface area contributed by atoms with Crippen molar-refractivity contribution in [3.05, 3.63) is 70.5 Å². The van der Waals surface area contributed by atoms with Gasteiger partial charge in [0, 0.05) is 44.2 Å². The fraction of sp³-hybridized carbons (Fsp3) is 0.478. The molecule has 1 heterocycles. The predicted molar refractivity (Wildman–Crippen MR) is 105 cm³/mol. The smallest absolute Gasteiger partial charge is 0.123 e. The van der Waals surface area contributed by atoms with Gasteiger partial charge in [0.2, 0.25) is 0 Å². The molecule has 0 unspecified atom stereocenters. The molecule has 0 radical (unpaired) electrons. The van der Waals surface area contributed by atoms with Crippen molar-refractivity contribution in [2.75, 3.05) is 26.2 Å². The number of aryl methyl sites for hydroxylation is 1. The predicted octanol–water partition coefficient (Wildman–Crippen LogP) is 4.74. The van der Waals surface area contributed by atoms with Crippen molar-refractivity contribution in [3.8, 4) is 0 Å². The molecule has 0 amide bonds. The van der Waals surface area contributed by atoms with E-state index in [4.69, 9.17) is 0 Å². The molecule has 0 spiro atoms. The highest BCUT2D eigenvalue weighted by molar-refractivity contribution is 5.46. The number of fused-ring (bicyclic) bond motifs is 1. The highest BCUT2D eigenvalue weighted by Gasteiger charge is 2.36. The van der Waals surface area contributed by atoms with Crippen LogP contribution in [0.4, 0.5) is 4.39 Å². The van der Waals surface area contributed by atoms with Crippen LogP contribution in [0.5, 0.6) is 0 Å². The molecule has 2 aromatic rings. The molecule has 3 heteroatoms. The third kappa shape index (κ3) is 3.30. The summed E-state index contributed by atoms with van der Waals surface area (Å²) in [6.07, 6.45) is 1.10. The number of hydrogen-bond donors (Lipinski definition) is 0. The summed E-state index contributed by atoms with van der Waals surface area (Å²) in [5.41, 5.74) is 5.48. The first kappa shape index (κ1) is 17.7. The summed E-state index contributed by atoms with van der Waals surface area (Å²) < 4.78 is 13.4. The Balaban J connectivity index is 1.61. The molecule has 1 fully saturated rings. The number of piperazine rings is 1. The van der Waals surface area contributed by atoms with Crippen molar-refractivity contribution in [3.63, 3.8) is 0 Å². The van der Waals surface area contributed by atoms with E-state index in [1.54, 1.807) is 12.1 Å². The minimum atomic E-state index is -0.155. The van der Waals surface area contributed by atoms with Gasteiger partial charge in [0.25, 0.3) is 0 Å². The largest absolute Gasteiger partial charge is 0.298 e. The lowest BCUT2D eigenvalue weighted by Gasteiger charge is -2.40. The number of hydrogen-bond acceptors (Lipinski definition) is 2. The van der Waals surface area contributed by atoms with Crippen LogP contribution in [0.3, 0.4) is 0 Å². The Morgan fingerprint density at radius 3 is 2.27 bits per heavy atom. The van der Waals surface area contributed by atoms with Crippen LogP contribution in [0.1, 0.15) is 54.5 Å². The van der Waals surface area contributed by atoms with Gasteiger partial charge in [-0.25, -0.2) is 4.39 Å². The van der Waals surface area contributed by atoms with Crippen LogP contribution in [0.25, 0.3) is 0 Å². The van der Waals surface area contributed by atoms with Crippen molar-refractivity contribution >= 4 is 0 Å². The van der Waals surface area contributed by atoms with Crippen LogP contribution in [0, 0.1) is 12.7 Å². The minimum Gasteiger partial charge on any atom is -0.298 e. The highest BCUT2D eigenvalue weighted by Crippen LogP contribution is 2.47. The van der Waals surface area contributed by atoms with E-state index in [0.29, 0.717) is 18.0 Å². The van der Waals surface area contributed by atoms with Gasteiger partial charge in [-0.2, -0.15) is 0 Å². The van der Waals surface area contributed by atoms with Gasteiger partial charge in [0.05, 0.1) is 0 Å². The van der Waals surface area contributed by atoms with Crippen LogP contribution in [-0.2, 0) is 0 Å². The molecule has 2 atom stereocenters. The molecule has 0 saturated carbocycles. The number of rotatable bonds is 3. The fourth-order valence-corrected chi connectivity index (χ4v) is 4.70. The molecule has 2 aliphatic rings. The Morgan fingerprint density at radius 1 is 0.923 bits per heavy atom. The van der Waals surface area contributed by atoms with Gasteiger partial charge in [-0.3, -0.25) is 9.80 Å². The van der Waals surface area contributed by atoms with Gasteiger partial charge >= 0.3 is 0 Å². The average Bonchev–Trinajstić information content (AvgIpc) is 3.01. The van der Waals surface area contributed by atoms with Crippen molar-refractivity contribution < 1.29 is 4.39 Å². The van der Waals surface area contributed by atoms with Gasteiger partial charge in [0.15, 0.2) is 0 Å². The molecule has 2 aromatic carbocycles. The maximum atomic E-state index is 13.4. The quantitative estimate of drug-likeness (QED) is 0.787. The Hall–Kier alpha value is -1.71. The van der Waals surface area contributed by atoms with Crippen molar-refractivity contribution in [2.24, 2.45) is 0 Å². The fourth-order valence-electron chi connectivity index (χ4n) is 4.70. The molecule has 4 rings (SSSR count). The Morgan fingerprint density at radius 2 is 1.62 bits per heavy atom. The van der Waals surface area contributed by atoms with Gasteiger partial charge < -0.3 is 0 Å². The summed E-state index contributed by atoms with van der Waals surface area (Å²) in [5.74, 6) is 0.219. The monoisotopic (exact) mass is 352 g/mol. The summed E-state index contributed by atoms with van der Waals surface area (Å²) in [4.78, 5) is 5.24.